The number of carbonyl (C=O) groups excluding carboxylic acids is 2. The average molecular weight is 483 g/mol. The summed E-state index contributed by atoms with van der Waals surface area (Å²) in [5, 5.41) is 5.86. The van der Waals surface area contributed by atoms with Crippen molar-refractivity contribution in [3.8, 4) is 11.1 Å². The lowest BCUT2D eigenvalue weighted by molar-refractivity contribution is -0.116. The van der Waals surface area contributed by atoms with Gasteiger partial charge in [0.1, 0.15) is 0 Å². The van der Waals surface area contributed by atoms with E-state index in [9.17, 15) is 9.59 Å². The Balaban J connectivity index is 1.37. The summed E-state index contributed by atoms with van der Waals surface area (Å²) in [5.74, 6) is 0.338. The highest BCUT2D eigenvalue weighted by atomic mass is 16.2. The summed E-state index contributed by atoms with van der Waals surface area (Å²) in [6, 6.07) is 23.3. The maximum Gasteiger partial charge on any atom is 0.251 e. The number of hydrogen-bond acceptors (Lipinski definition) is 3. The molecule has 3 aromatic carbocycles. The van der Waals surface area contributed by atoms with Crippen molar-refractivity contribution >= 4 is 28.8 Å². The van der Waals surface area contributed by atoms with Crippen molar-refractivity contribution in [3.05, 3.63) is 83.9 Å². The molecule has 0 aliphatic heterocycles. The molecule has 36 heavy (non-hydrogen) atoms. The second-order valence-electron chi connectivity index (χ2n) is 9.13. The van der Waals surface area contributed by atoms with Crippen LogP contribution in [0.3, 0.4) is 0 Å². The van der Waals surface area contributed by atoms with E-state index < -0.39 is 0 Å². The van der Waals surface area contributed by atoms with Crippen molar-refractivity contribution in [1.29, 1.82) is 0 Å². The number of hydrogen-bond donors (Lipinski definition) is 3. The van der Waals surface area contributed by atoms with Gasteiger partial charge in [0.25, 0.3) is 5.91 Å². The van der Waals surface area contributed by atoms with Gasteiger partial charge in [-0.05, 0) is 47.4 Å². The molecule has 0 bridgehead atoms. The summed E-state index contributed by atoms with van der Waals surface area (Å²) in [5.41, 5.74) is 5.19. The van der Waals surface area contributed by atoms with Crippen LogP contribution in [0.2, 0.25) is 0 Å². The Bertz CT molecular complexity index is 1300. The first-order valence-electron chi connectivity index (χ1n) is 12.8. The average Bonchev–Trinajstić information content (AvgIpc) is 3.31. The summed E-state index contributed by atoms with van der Waals surface area (Å²) in [6.45, 7) is 2.69. The van der Waals surface area contributed by atoms with Gasteiger partial charge in [-0.15, -0.1) is 0 Å². The minimum Gasteiger partial charge on any atom is -0.348 e. The summed E-state index contributed by atoms with van der Waals surface area (Å²) >= 11 is 0. The van der Waals surface area contributed by atoms with Crippen LogP contribution in [0.1, 0.15) is 67.8 Å². The molecule has 0 aliphatic carbocycles. The zero-order valence-corrected chi connectivity index (χ0v) is 20.8. The van der Waals surface area contributed by atoms with Crippen molar-refractivity contribution < 1.29 is 9.59 Å². The third-order valence-electron chi connectivity index (χ3n) is 6.25. The van der Waals surface area contributed by atoms with Gasteiger partial charge in [0, 0.05) is 18.5 Å². The van der Waals surface area contributed by atoms with E-state index in [-0.39, 0.29) is 11.8 Å². The van der Waals surface area contributed by atoms with Crippen LogP contribution in [0.25, 0.3) is 22.2 Å². The fourth-order valence-electron chi connectivity index (χ4n) is 4.23. The van der Waals surface area contributed by atoms with E-state index in [0.29, 0.717) is 24.5 Å². The SMILES string of the molecule is CCCCCCCCC(=O)Nc1nc2ccc(-c3cccc(C(=O)NCc4ccccc4)c3)cc2[nH]1. The van der Waals surface area contributed by atoms with E-state index in [2.05, 4.69) is 27.5 Å². The number of anilines is 1. The highest BCUT2D eigenvalue weighted by Gasteiger charge is 2.10. The van der Waals surface area contributed by atoms with Crippen LogP contribution in [0, 0.1) is 0 Å². The third kappa shape index (κ3) is 7.04. The number of fused-ring (bicyclic) bond motifs is 1. The Labute approximate surface area is 212 Å². The van der Waals surface area contributed by atoms with E-state index in [0.717, 1.165) is 40.6 Å². The molecule has 1 aromatic heterocycles. The van der Waals surface area contributed by atoms with Crippen molar-refractivity contribution in [1.82, 2.24) is 15.3 Å². The number of unbranched alkanes of at least 4 members (excludes halogenated alkanes) is 5. The van der Waals surface area contributed by atoms with E-state index in [1.165, 1.54) is 25.7 Å². The zero-order chi connectivity index (χ0) is 25.2. The maximum absolute atomic E-state index is 12.7. The third-order valence-corrected chi connectivity index (χ3v) is 6.25. The molecule has 3 N–H and O–H groups in total. The number of H-pyrrole nitrogens is 1. The molecule has 186 valence electrons. The molecule has 0 atom stereocenters. The van der Waals surface area contributed by atoms with Crippen LogP contribution in [-0.4, -0.2) is 21.8 Å². The van der Waals surface area contributed by atoms with Crippen LogP contribution in [0.15, 0.2) is 72.8 Å². The molecular formula is C30H34N4O2. The highest BCUT2D eigenvalue weighted by Crippen LogP contribution is 2.25. The van der Waals surface area contributed by atoms with Crippen LogP contribution in [-0.2, 0) is 11.3 Å². The number of carbonyl (C=O) groups is 2. The molecule has 2 amide bonds. The smallest absolute Gasteiger partial charge is 0.251 e. The van der Waals surface area contributed by atoms with Crippen molar-refractivity contribution in [2.24, 2.45) is 0 Å². The van der Waals surface area contributed by atoms with Gasteiger partial charge >= 0.3 is 0 Å². The monoisotopic (exact) mass is 482 g/mol. The molecule has 6 heteroatoms. The Hall–Kier alpha value is -3.93. The Morgan fingerprint density at radius 2 is 1.61 bits per heavy atom. The molecule has 0 saturated heterocycles. The van der Waals surface area contributed by atoms with E-state index in [1.54, 1.807) is 0 Å². The van der Waals surface area contributed by atoms with Gasteiger partial charge in [-0.2, -0.15) is 0 Å². The topological polar surface area (TPSA) is 86.9 Å². The van der Waals surface area contributed by atoms with Gasteiger partial charge in [0.15, 0.2) is 0 Å². The van der Waals surface area contributed by atoms with Gasteiger partial charge in [0.2, 0.25) is 11.9 Å². The van der Waals surface area contributed by atoms with Gasteiger partial charge in [0.05, 0.1) is 11.0 Å². The van der Waals surface area contributed by atoms with Gasteiger partial charge in [-0.25, -0.2) is 4.98 Å². The first-order valence-corrected chi connectivity index (χ1v) is 12.8. The number of amides is 2. The predicted molar refractivity (Wildman–Crippen MR) is 146 cm³/mol. The van der Waals surface area contributed by atoms with Crippen LogP contribution >= 0.6 is 0 Å². The standard InChI is InChI=1S/C30H34N4O2/c1-2-3-4-5-6-10-16-28(35)34-30-32-26-18-17-24(20-27(26)33-30)23-14-11-15-25(19-23)29(36)31-21-22-12-8-7-9-13-22/h7-9,11-15,17-20H,2-6,10,16,21H2,1H3,(H,31,36)(H2,32,33,34,35). The molecule has 4 aromatic rings. The lowest BCUT2D eigenvalue weighted by Crippen LogP contribution is -2.22. The van der Waals surface area contributed by atoms with Gasteiger partial charge in [-0.3, -0.25) is 14.9 Å². The second-order valence-corrected chi connectivity index (χ2v) is 9.13. The van der Waals surface area contributed by atoms with Gasteiger partial charge in [-0.1, -0.05) is 87.6 Å². The number of aromatic amines is 1. The molecule has 6 nitrogen and oxygen atoms in total. The zero-order valence-electron chi connectivity index (χ0n) is 20.8. The predicted octanol–water partition coefficient (Wildman–Crippen LogP) is 6.85. The van der Waals surface area contributed by atoms with E-state index in [1.807, 2.05) is 72.8 Å². The fraction of sp³-hybridized carbons (Fsp3) is 0.300. The number of imidazole rings is 1. The Morgan fingerprint density at radius 3 is 2.44 bits per heavy atom. The summed E-state index contributed by atoms with van der Waals surface area (Å²) < 4.78 is 0. The van der Waals surface area contributed by atoms with Crippen LogP contribution in [0.4, 0.5) is 5.95 Å². The van der Waals surface area contributed by atoms with Gasteiger partial charge < -0.3 is 10.3 Å². The van der Waals surface area contributed by atoms with Crippen LogP contribution in [0.5, 0.6) is 0 Å². The Kier molecular flexibility index (Phi) is 8.87. The number of nitrogens with zero attached hydrogens (tertiary/aromatic N) is 1. The summed E-state index contributed by atoms with van der Waals surface area (Å²) in [6.07, 6.45) is 7.40. The van der Waals surface area contributed by atoms with Crippen molar-refractivity contribution in [3.63, 3.8) is 0 Å². The largest absolute Gasteiger partial charge is 0.348 e. The summed E-state index contributed by atoms with van der Waals surface area (Å²) in [4.78, 5) is 32.7. The molecule has 0 fully saturated rings. The molecular weight excluding hydrogens is 448 g/mol. The van der Waals surface area contributed by atoms with Crippen molar-refractivity contribution in [2.75, 3.05) is 5.32 Å². The number of rotatable bonds is 12. The quantitative estimate of drug-likeness (QED) is 0.193. The fourth-order valence-corrected chi connectivity index (χ4v) is 4.23. The normalized spacial score (nSPS) is 10.9. The lowest BCUT2D eigenvalue weighted by Gasteiger charge is -2.08. The molecule has 1 heterocycles. The highest BCUT2D eigenvalue weighted by molar-refractivity contribution is 5.96. The first kappa shape index (κ1) is 25.2. The summed E-state index contributed by atoms with van der Waals surface area (Å²) in [7, 11) is 0. The number of nitrogens with one attached hydrogen (secondary N) is 3. The molecule has 0 radical (unpaired) electrons. The molecule has 0 saturated carbocycles. The maximum atomic E-state index is 12.7. The Morgan fingerprint density at radius 1 is 0.833 bits per heavy atom. The second kappa shape index (κ2) is 12.7. The molecule has 0 aliphatic rings. The molecule has 0 spiro atoms. The van der Waals surface area contributed by atoms with Crippen LogP contribution < -0.4 is 10.6 Å². The minimum absolute atomic E-state index is 0.0148. The van der Waals surface area contributed by atoms with Crippen molar-refractivity contribution in [2.45, 2.75) is 58.4 Å². The number of benzene rings is 3. The number of aromatic nitrogens is 2. The molecule has 4 rings (SSSR count). The minimum atomic E-state index is -0.112. The lowest BCUT2D eigenvalue weighted by atomic mass is 10.0. The molecule has 0 unspecified atom stereocenters. The van der Waals surface area contributed by atoms with E-state index in [4.69, 9.17) is 0 Å². The van der Waals surface area contributed by atoms with E-state index >= 15 is 0 Å². The first-order chi connectivity index (χ1) is 17.6.